The highest BCUT2D eigenvalue weighted by molar-refractivity contribution is 5.76. The molecule has 322 valence electrons. The lowest BCUT2D eigenvalue weighted by Crippen LogP contribution is -2.66. The van der Waals surface area contributed by atoms with E-state index in [0.717, 1.165) is 12.8 Å². The Morgan fingerprint density at radius 1 is 0.709 bits per heavy atom. The molecule has 2 saturated carbocycles. The summed E-state index contributed by atoms with van der Waals surface area (Å²) < 4.78 is 116. The van der Waals surface area contributed by atoms with Gasteiger partial charge in [0, 0.05) is 24.2 Å². The normalized spacial score (nSPS) is 43.7. The number of carboxylic acid groups (broad SMARTS) is 1. The highest BCUT2D eigenvalue weighted by atomic mass is 19.4. The van der Waals surface area contributed by atoms with Crippen molar-refractivity contribution in [1.29, 1.82) is 0 Å². The van der Waals surface area contributed by atoms with Crippen LogP contribution in [0.1, 0.15) is 32.1 Å². The summed E-state index contributed by atoms with van der Waals surface area (Å²) >= 11 is 0. The zero-order valence-electron chi connectivity index (χ0n) is 28.9. The molecule has 0 amide bonds. The van der Waals surface area contributed by atoms with Crippen LogP contribution in [-0.2, 0) is 33.2 Å². The van der Waals surface area contributed by atoms with Gasteiger partial charge < -0.3 is 93.5 Å². The molecule has 3 heterocycles. The van der Waals surface area contributed by atoms with Crippen LogP contribution >= 0.6 is 0 Å². The first kappa shape index (κ1) is 46.0. The van der Waals surface area contributed by atoms with Crippen molar-refractivity contribution in [2.45, 2.75) is 160 Å². The summed E-state index contributed by atoms with van der Waals surface area (Å²) in [6.07, 6.45) is -18.2. The molecule has 0 spiro atoms. The molecule has 5 rings (SSSR count). The highest BCUT2D eigenvalue weighted by Gasteiger charge is 2.76. The topological polar surface area (TPSA) is 350 Å². The van der Waals surface area contributed by atoms with Crippen LogP contribution in [0.4, 0.5) is 30.7 Å². The molecule has 55 heavy (non-hydrogen) atoms. The smallest absolute Gasteiger partial charge is 0.460 e. The molecule has 17 atom stereocenters. The average molecular weight is 823 g/mol. The van der Waals surface area contributed by atoms with Gasteiger partial charge in [-0.3, -0.25) is 0 Å². The van der Waals surface area contributed by atoms with Gasteiger partial charge in [0.15, 0.2) is 18.9 Å². The van der Waals surface area contributed by atoms with Gasteiger partial charge in [-0.05, 0) is 32.1 Å². The van der Waals surface area contributed by atoms with Crippen LogP contribution < -0.4 is 34.4 Å². The van der Waals surface area contributed by atoms with Gasteiger partial charge in [0.05, 0.1) is 30.9 Å². The largest absolute Gasteiger partial charge is 0.477 e. The Bertz CT molecular complexity index is 1300. The van der Waals surface area contributed by atoms with Crippen molar-refractivity contribution < 1.29 is 94.6 Å². The van der Waals surface area contributed by atoms with Gasteiger partial charge in [-0.25, -0.2) is 4.79 Å². The van der Waals surface area contributed by atoms with Crippen LogP contribution in [-0.4, -0.2) is 177 Å². The Labute approximate surface area is 308 Å². The number of ether oxygens (including phenoxy) is 6. The molecular formula is C29H49F7N6O13. The summed E-state index contributed by atoms with van der Waals surface area (Å²) in [5.74, 6) is -16.3. The van der Waals surface area contributed by atoms with E-state index in [-0.39, 0.29) is 19.1 Å². The van der Waals surface area contributed by atoms with E-state index in [1.54, 1.807) is 0 Å². The first-order valence-corrected chi connectivity index (χ1v) is 17.2. The molecule has 26 heteroatoms. The number of aliphatic hydroxyl groups excluding tert-OH is 5. The molecule has 0 radical (unpaired) electrons. The maximum atomic E-state index is 11.8. The van der Waals surface area contributed by atoms with Crippen molar-refractivity contribution in [1.82, 2.24) is 0 Å². The van der Waals surface area contributed by atoms with Crippen LogP contribution in [0.15, 0.2) is 0 Å². The molecule has 18 N–H and O–H groups in total. The molecule has 0 aromatic rings. The minimum atomic E-state index is -6.60. The van der Waals surface area contributed by atoms with E-state index in [1.807, 2.05) is 0 Å². The number of hydrogen-bond donors (Lipinski definition) is 12. The standard InChI is InChI=1S/C25H48N6O11.C4HF7O2/c26-6-11-16(34)17(35)14(30)23(37-11)41-20-12(7-32)38-24(18(20)36)42-21-15(33)9(28)5-10(29)19(21)40-22-8(27)1-2-13(39-22)25(31)3-4-25;5-2(6,1(12)13)3(7,8)4(9,10)11/h8-24,32-36H,1-7,26-31H2;(H,12,13)/t8-,9-,10+,11+,12-,13+,14-,15+,16-,17-,18-,19-,20-,21-,22-,23-,24+;/m1./s1. The molecule has 0 bridgehead atoms. The van der Waals surface area contributed by atoms with E-state index in [9.17, 15) is 61.1 Å². The quantitative estimate of drug-likeness (QED) is 0.0875. The number of rotatable bonds is 11. The lowest BCUT2D eigenvalue weighted by atomic mass is 9.84. The number of aliphatic carboxylic acids is 1. The lowest BCUT2D eigenvalue weighted by molar-refractivity contribution is -0.347. The second-order valence-corrected chi connectivity index (χ2v) is 14.3. The Hall–Kier alpha value is -1.70. The first-order chi connectivity index (χ1) is 25.3. The number of nitrogens with two attached hydrogens (primary N) is 6. The number of hydrogen-bond acceptors (Lipinski definition) is 18. The molecule has 3 aliphatic heterocycles. The minimum Gasteiger partial charge on any atom is -0.477 e. The number of carboxylic acids is 1. The van der Waals surface area contributed by atoms with E-state index in [4.69, 9.17) is 67.9 Å². The Balaban J connectivity index is 0.000000444. The van der Waals surface area contributed by atoms with Gasteiger partial charge in [0.2, 0.25) is 0 Å². The van der Waals surface area contributed by atoms with Crippen LogP contribution in [0, 0.1) is 0 Å². The van der Waals surface area contributed by atoms with Crippen molar-refractivity contribution in [3.63, 3.8) is 0 Å². The maximum Gasteiger partial charge on any atom is 0.460 e. The van der Waals surface area contributed by atoms with Crippen molar-refractivity contribution in [3.05, 3.63) is 0 Å². The van der Waals surface area contributed by atoms with E-state index < -0.39 is 134 Å². The molecule has 0 aromatic carbocycles. The van der Waals surface area contributed by atoms with Crippen molar-refractivity contribution in [3.8, 4) is 0 Å². The van der Waals surface area contributed by atoms with E-state index in [1.165, 1.54) is 0 Å². The van der Waals surface area contributed by atoms with Gasteiger partial charge in [0.25, 0.3) is 0 Å². The van der Waals surface area contributed by atoms with Gasteiger partial charge >= 0.3 is 24.0 Å². The third-order valence-electron chi connectivity index (χ3n) is 10.3. The third-order valence-corrected chi connectivity index (χ3v) is 10.3. The van der Waals surface area contributed by atoms with Crippen LogP contribution in [0.3, 0.4) is 0 Å². The Kier molecular flexibility index (Phi) is 14.4. The van der Waals surface area contributed by atoms with Crippen molar-refractivity contribution in [2.24, 2.45) is 34.4 Å². The highest BCUT2D eigenvalue weighted by Crippen LogP contribution is 2.46. The van der Waals surface area contributed by atoms with E-state index >= 15 is 0 Å². The number of halogens is 7. The van der Waals surface area contributed by atoms with Gasteiger partial charge in [0.1, 0.15) is 48.8 Å². The fraction of sp³-hybridized carbons (Fsp3) is 0.966. The van der Waals surface area contributed by atoms with Crippen molar-refractivity contribution in [2.75, 3.05) is 13.2 Å². The SMILES string of the molecule is NC[C@@H]1O[C@H](O[C@H]2[C@@H](O)[C@H](O[C@@H]3[C@@H](O)[C@H](N)C[C@H](N)[C@H]3O[C@H]3O[C@H](C4(N)CC4)CC[C@H]3N)O[C@@H]2CO)[C@H](N)[C@@H](O)[C@@H]1O.O=C(O)C(F)(F)C(F)(F)C(F)(F)F. The summed E-state index contributed by atoms with van der Waals surface area (Å²) in [6.45, 7) is -0.721. The molecule has 0 unspecified atom stereocenters. The van der Waals surface area contributed by atoms with Crippen LogP contribution in [0.25, 0.3) is 0 Å². The van der Waals surface area contributed by atoms with E-state index in [0.29, 0.717) is 12.8 Å². The fourth-order valence-corrected chi connectivity index (χ4v) is 6.62. The summed E-state index contributed by atoms with van der Waals surface area (Å²) in [7, 11) is 0. The van der Waals surface area contributed by atoms with Crippen LogP contribution in [0.5, 0.6) is 0 Å². The average Bonchev–Trinajstić information content (AvgIpc) is 3.79. The zero-order chi connectivity index (χ0) is 41.6. The second kappa shape index (κ2) is 17.3. The molecular weight excluding hydrogens is 773 g/mol. The van der Waals surface area contributed by atoms with Gasteiger partial charge in [-0.15, -0.1) is 0 Å². The molecule has 5 fully saturated rings. The molecule has 2 aliphatic carbocycles. The van der Waals surface area contributed by atoms with Gasteiger partial charge in [-0.2, -0.15) is 30.7 Å². The Morgan fingerprint density at radius 2 is 1.27 bits per heavy atom. The predicted molar refractivity (Wildman–Crippen MR) is 166 cm³/mol. The summed E-state index contributed by atoms with van der Waals surface area (Å²) in [5, 5.41) is 60.1. The zero-order valence-corrected chi connectivity index (χ0v) is 28.9. The molecule has 19 nitrogen and oxygen atoms in total. The molecule has 3 saturated heterocycles. The lowest BCUT2D eigenvalue weighted by Gasteiger charge is -2.46. The van der Waals surface area contributed by atoms with Crippen LogP contribution in [0.2, 0.25) is 0 Å². The minimum absolute atomic E-state index is 0.132. The number of aliphatic hydroxyl groups is 5. The third kappa shape index (κ3) is 9.46. The fourth-order valence-electron chi connectivity index (χ4n) is 6.62. The monoisotopic (exact) mass is 822 g/mol. The first-order valence-electron chi connectivity index (χ1n) is 17.2. The number of alkyl halides is 7. The summed E-state index contributed by atoms with van der Waals surface area (Å²) in [4.78, 5) is 9.38. The molecule has 5 aliphatic rings. The summed E-state index contributed by atoms with van der Waals surface area (Å²) in [5.41, 5.74) is 36.5. The maximum absolute atomic E-state index is 11.8. The molecule has 0 aromatic heterocycles. The summed E-state index contributed by atoms with van der Waals surface area (Å²) in [6, 6.07) is -3.13. The second-order valence-electron chi connectivity index (χ2n) is 14.3. The number of carbonyl (C=O) groups is 1. The van der Waals surface area contributed by atoms with E-state index in [2.05, 4.69) is 0 Å². The predicted octanol–water partition coefficient (Wildman–Crippen LogP) is -4.40. The van der Waals surface area contributed by atoms with Gasteiger partial charge in [-0.1, -0.05) is 0 Å². The Morgan fingerprint density at radius 3 is 1.78 bits per heavy atom. The van der Waals surface area contributed by atoms with Crippen molar-refractivity contribution >= 4 is 5.97 Å².